The van der Waals surface area contributed by atoms with Crippen LogP contribution in [0.15, 0.2) is 24.3 Å². The highest BCUT2D eigenvalue weighted by molar-refractivity contribution is 7.93. The van der Waals surface area contributed by atoms with Gasteiger partial charge in [0, 0.05) is 5.56 Å². The Kier molecular flexibility index (Phi) is 8.28. The first-order valence-electron chi connectivity index (χ1n) is 7.21. The van der Waals surface area contributed by atoms with Crippen molar-refractivity contribution in [2.45, 2.75) is 12.8 Å². The van der Waals surface area contributed by atoms with Gasteiger partial charge in [-0.05, 0) is 44.1 Å². The lowest BCUT2D eigenvalue weighted by Gasteiger charge is -2.22. The molecule has 24 heavy (non-hydrogen) atoms. The van der Waals surface area contributed by atoms with Gasteiger partial charge in [0.2, 0.25) is 5.91 Å². The van der Waals surface area contributed by atoms with Gasteiger partial charge >= 0.3 is 0 Å². The van der Waals surface area contributed by atoms with Gasteiger partial charge < -0.3 is 17.2 Å². The van der Waals surface area contributed by atoms with Crippen LogP contribution in [0.3, 0.4) is 0 Å². The fraction of sp³-hybridized carbons (Fsp3) is 0.462. The van der Waals surface area contributed by atoms with E-state index in [0.717, 1.165) is 0 Å². The van der Waals surface area contributed by atoms with Crippen LogP contribution in [0.4, 0.5) is 5.69 Å². The van der Waals surface area contributed by atoms with Gasteiger partial charge in [0.05, 0.1) is 17.2 Å². The molecule has 0 saturated heterocycles. The topological polar surface area (TPSA) is 159 Å². The average Bonchev–Trinajstić information content (AvgIpc) is 2.56. The third-order valence-electron chi connectivity index (χ3n) is 2.87. The maximum absolute atomic E-state index is 12.5. The first kappa shape index (κ1) is 20.5. The van der Waals surface area contributed by atoms with E-state index in [4.69, 9.17) is 21.5 Å². The minimum atomic E-state index is -3.95. The Bertz CT molecular complexity index is 681. The Balaban J connectivity index is 3.15. The summed E-state index contributed by atoms with van der Waals surface area (Å²) >= 11 is -1.90. The average molecular weight is 378 g/mol. The summed E-state index contributed by atoms with van der Waals surface area (Å²) in [5, 5.41) is 0. The van der Waals surface area contributed by atoms with Crippen LogP contribution >= 0.6 is 0 Å². The summed E-state index contributed by atoms with van der Waals surface area (Å²) in [6.07, 6.45) is 0.609. The lowest BCUT2D eigenvalue weighted by molar-refractivity contribution is 0.1000. The SMILES string of the molecule is NCCCS(=O)ON(c1cccc(C(N)=O)c1)S(=O)(=O)CCCN. The molecule has 0 aliphatic rings. The van der Waals surface area contributed by atoms with Crippen LogP contribution in [0.25, 0.3) is 0 Å². The smallest absolute Gasteiger partial charge is 0.258 e. The maximum atomic E-state index is 12.5. The standard InChI is InChI=1S/C13H22N4O5S2/c14-6-2-8-23(19)22-17(24(20,21)9-3-7-15)12-5-1-4-11(10-12)13(16)18/h1,4-5,10H,2-3,6-9,14-15H2,(H2,16,18). The lowest BCUT2D eigenvalue weighted by Crippen LogP contribution is -2.35. The van der Waals surface area contributed by atoms with Gasteiger partial charge in [0.1, 0.15) is 0 Å². The molecule has 0 spiro atoms. The number of rotatable bonds is 11. The van der Waals surface area contributed by atoms with E-state index in [0.29, 0.717) is 17.4 Å². The third-order valence-corrected chi connectivity index (χ3v) is 5.49. The third kappa shape index (κ3) is 6.17. The molecule has 1 rings (SSSR count). The molecule has 11 heteroatoms. The van der Waals surface area contributed by atoms with Crippen molar-refractivity contribution >= 4 is 32.7 Å². The van der Waals surface area contributed by atoms with Gasteiger partial charge in [-0.1, -0.05) is 6.07 Å². The first-order valence-corrected chi connectivity index (χ1v) is 10.1. The molecule has 0 aliphatic heterocycles. The fourth-order valence-corrected chi connectivity index (χ4v) is 4.11. The van der Waals surface area contributed by atoms with Crippen LogP contribution in [-0.2, 0) is 25.4 Å². The van der Waals surface area contributed by atoms with Gasteiger partial charge in [-0.3, -0.25) is 4.79 Å². The summed E-state index contributed by atoms with van der Waals surface area (Å²) in [4.78, 5) is 11.3. The zero-order chi connectivity index (χ0) is 18.2. The summed E-state index contributed by atoms with van der Waals surface area (Å²) in [7, 11) is -3.95. The van der Waals surface area contributed by atoms with E-state index in [2.05, 4.69) is 0 Å². The number of nitrogens with zero attached hydrogens (tertiary/aromatic N) is 1. The van der Waals surface area contributed by atoms with E-state index in [1.54, 1.807) is 0 Å². The van der Waals surface area contributed by atoms with Gasteiger partial charge in [0.25, 0.3) is 10.0 Å². The normalized spacial score (nSPS) is 12.8. The van der Waals surface area contributed by atoms with Crippen LogP contribution in [0.5, 0.6) is 0 Å². The highest BCUT2D eigenvalue weighted by Gasteiger charge is 2.26. The van der Waals surface area contributed by atoms with Crippen LogP contribution in [0.1, 0.15) is 23.2 Å². The molecule has 1 unspecified atom stereocenters. The summed E-state index contributed by atoms with van der Waals surface area (Å²) < 4.78 is 42.5. The van der Waals surface area contributed by atoms with E-state index in [-0.39, 0.29) is 35.7 Å². The molecule has 1 aromatic carbocycles. The minimum Gasteiger partial charge on any atom is -0.366 e. The molecule has 0 fully saturated rings. The van der Waals surface area contributed by atoms with Crippen molar-refractivity contribution in [3.05, 3.63) is 29.8 Å². The second-order valence-electron chi connectivity index (χ2n) is 4.82. The highest BCUT2D eigenvalue weighted by atomic mass is 32.2. The predicted molar refractivity (Wildman–Crippen MR) is 92.7 cm³/mol. The van der Waals surface area contributed by atoms with Crippen molar-refractivity contribution in [2.75, 3.05) is 29.1 Å². The Hall–Kier alpha value is -1.53. The second-order valence-corrected chi connectivity index (χ2v) is 7.89. The number of carbonyl (C=O) groups excluding carboxylic acids is 1. The molecule has 6 N–H and O–H groups in total. The van der Waals surface area contributed by atoms with E-state index < -0.39 is 27.0 Å². The molecule has 0 aromatic heterocycles. The number of carbonyl (C=O) groups is 1. The van der Waals surface area contributed by atoms with E-state index in [1.807, 2.05) is 0 Å². The number of primary amides is 1. The first-order chi connectivity index (χ1) is 11.3. The summed E-state index contributed by atoms with van der Waals surface area (Å²) in [6.45, 7) is 0.469. The fourth-order valence-electron chi connectivity index (χ4n) is 1.69. The van der Waals surface area contributed by atoms with Crippen molar-refractivity contribution < 1.29 is 21.7 Å². The molecule has 0 bridgehead atoms. The van der Waals surface area contributed by atoms with Crippen LogP contribution < -0.4 is 21.7 Å². The Labute approximate surface area is 143 Å². The van der Waals surface area contributed by atoms with Crippen LogP contribution in [0.2, 0.25) is 0 Å². The molecule has 0 saturated carbocycles. The molecular weight excluding hydrogens is 356 g/mol. The van der Waals surface area contributed by atoms with E-state index in [9.17, 15) is 17.4 Å². The molecule has 136 valence electrons. The van der Waals surface area contributed by atoms with E-state index in [1.165, 1.54) is 24.3 Å². The number of amides is 1. The van der Waals surface area contributed by atoms with Crippen LogP contribution in [-0.4, -0.2) is 43.1 Å². The molecule has 1 aromatic rings. The van der Waals surface area contributed by atoms with Gasteiger partial charge in [-0.15, -0.1) is 4.47 Å². The van der Waals surface area contributed by atoms with Gasteiger partial charge in [-0.2, -0.15) is 4.28 Å². The molecular formula is C13H22N4O5S2. The zero-order valence-electron chi connectivity index (χ0n) is 13.1. The molecule has 0 aliphatic carbocycles. The van der Waals surface area contributed by atoms with Gasteiger partial charge in [-0.25, -0.2) is 12.6 Å². The summed E-state index contributed by atoms with van der Waals surface area (Å²) in [5.74, 6) is -0.937. The Morgan fingerprint density at radius 1 is 1.21 bits per heavy atom. The molecule has 9 nitrogen and oxygen atoms in total. The largest absolute Gasteiger partial charge is 0.366 e. The Morgan fingerprint density at radius 2 is 1.88 bits per heavy atom. The summed E-state index contributed by atoms with van der Waals surface area (Å²) in [5.41, 5.74) is 16.0. The number of hydrogen-bond donors (Lipinski definition) is 3. The Morgan fingerprint density at radius 3 is 2.46 bits per heavy atom. The molecule has 1 amide bonds. The van der Waals surface area contributed by atoms with Crippen LogP contribution in [0, 0.1) is 0 Å². The number of hydrogen-bond acceptors (Lipinski definition) is 7. The minimum absolute atomic E-state index is 0.0319. The van der Waals surface area contributed by atoms with Crippen molar-refractivity contribution in [3.8, 4) is 0 Å². The highest BCUT2D eigenvalue weighted by Crippen LogP contribution is 2.22. The van der Waals surface area contributed by atoms with Crippen molar-refractivity contribution in [3.63, 3.8) is 0 Å². The number of anilines is 1. The monoisotopic (exact) mass is 378 g/mol. The zero-order valence-corrected chi connectivity index (χ0v) is 14.7. The second kappa shape index (κ2) is 9.69. The van der Waals surface area contributed by atoms with Crippen molar-refractivity contribution in [2.24, 2.45) is 17.2 Å². The maximum Gasteiger partial charge on any atom is 0.258 e. The molecule has 1 atom stereocenters. The summed E-state index contributed by atoms with van der Waals surface area (Å²) in [6, 6.07) is 5.55. The molecule has 0 heterocycles. The lowest BCUT2D eigenvalue weighted by atomic mass is 10.2. The number of benzene rings is 1. The predicted octanol–water partition coefficient (Wildman–Crippen LogP) is -0.785. The van der Waals surface area contributed by atoms with Gasteiger partial charge in [0.15, 0.2) is 11.1 Å². The van der Waals surface area contributed by atoms with E-state index >= 15 is 0 Å². The quantitative estimate of drug-likeness (QED) is 0.426. The number of sulfonamides is 1. The molecule has 0 radical (unpaired) electrons. The van der Waals surface area contributed by atoms with Crippen molar-refractivity contribution in [1.29, 1.82) is 0 Å². The number of nitrogens with two attached hydrogens (primary N) is 3. The van der Waals surface area contributed by atoms with Crippen molar-refractivity contribution in [1.82, 2.24) is 0 Å².